The number of halogens is 1. The van der Waals surface area contributed by atoms with Crippen molar-refractivity contribution in [2.75, 3.05) is 20.3 Å². The lowest BCUT2D eigenvalue weighted by atomic mass is 10.2. The summed E-state index contributed by atoms with van der Waals surface area (Å²) >= 11 is 5.81. The predicted octanol–water partition coefficient (Wildman–Crippen LogP) is 2.58. The molecule has 0 unspecified atom stereocenters. The summed E-state index contributed by atoms with van der Waals surface area (Å²) in [7, 11) is -2.15. The molecule has 2 N–H and O–H groups in total. The summed E-state index contributed by atoms with van der Waals surface area (Å²) < 4.78 is 32.4. The van der Waals surface area contributed by atoms with Crippen LogP contribution in [0.3, 0.4) is 0 Å². The number of sulfonamides is 1. The maximum Gasteiger partial charge on any atom is 0.251 e. The molecular formula is C18H21ClN2O4S. The van der Waals surface area contributed by atoms with E-state index >= 15 is 0 Å². The molecule has 1 amide bonds. The maximum absolute atomic E-state index is 12.5. The summed E-state index contributed by atoms with van der Waals surface area (Å²) in [6.07, 6.45) is 0.683. The summed E-state index contributed by atoms with van der Waals surface area (Å²) in [6, 6.07) is 12.8. The molecule has 0 bridgehead atoms. The number of hydrogen-bond acceptors (Lipinski definition) is 4. The van der Waals surface area contributed by atoms with Crippen molar-refractivity contribution < 1.29 is 17.9 Å². The van der Waals surface area contributed by atoms with Gasteiger partial charge in [-0.3, -0.25) is 4.79 Å². The van der Waals surface area contributed by atoms with Gasteiger partial charge in [-0.15, -0.1) is 0 Å². The van der Waals surface area contributed by atoms with Crippen LogP contribution in [0.25, 0.3) is 0 Å². The number of nitrogens with one attached hydrogen (secondary N) is 2. The van der Waals surface area contributed by atoms with Gasteiger partial charge in [0, 0.05) is 37.4 Å². The van der Waals surface area contributed by atoms with E-state index in [1.807, 2.05) is 0 Å². The highest BCUT2D eigenvalue weighted by atomic mass is 35.5. The lowest BCUT2D eigenvalue weighted by molar-refractivity contribution is 0.0948. The van der Waals surface area contributed by atoms with Crippen molar-refractivity contribution in [1.29, 1.82) is 0 Å². The summed E-state index contributed by atoms with van der Waals surface area (Å²) in [5, 5.41) is 3.31. The van der Waals surface area contributed by atoms with E-state index in [9.17, 15) is 13.2 Å². The molecule has 0 aliphatic heterocycles. The molecule has 0 fully saturated rings. The second kappa shape index (κ2) is 9.68. The zero-order chi connectivity index (χ0) is 19.0. The number of methoxy groups -OCH3 is 1. The average molecular weight is 397 g/mol. The van der Waals surface area contributed by atoms with Gasteiger partial charge in [-0.2, -0.15) is 0 Å². The van der Waals surface area contributed by atoms with Gasteiger partial charge in [0.1, 0.15) is 0 Å². The zero-order valence-corrected chi connectivity index (χ0v) is 15.9. The van der Waals surface area contributed by atoms with E-state index < -0.39 is 10.0 Å². The van der Waals surface area contributed by atoms with Gasteiger partial charge < -0.3 is 10.1 Å². The summed E-state index contributed by atoms with van der Waals surface area (Å²) in [4.78, 5) is 12.2. The predicted molar refractivity (Wildman–Crippen MR) is 101 cm³/mol. The van der Waals surface area contributed by atoms with Crippen LogP contribution in [0.4, 0.5) is 0 Å². The summed E-state index contributed by atoms with van der Waals surface area (Å²) in [5.74, 6) is -0.323. The van der Waals surface area contributed by atoms with Crippen molar-refractivity contribution in [3.8, 4) is 0 Å². The fourth-order valence-electron chi connectivity index (χ4n) is 2.19. The van der Waals surface area contributed by atoms with Crippen molar-refractivity contribution >= 4 is 27.5 Å². The molecule has 2 aromatic rings. The van der Waals surface area contributed by atoms with E-state index in [-0.39, 0.29) is 22.9 Å². The first kappa shape index (κ1) is 20.4. The van der Waals surface area contributed by atoms with Gasteiger partial charge >= 0.3 is 0 Å². The number of rotatable bonds is 9. The smallest absolute Gasteiger partial charge is 0.251 e. The topological polar surface area (TPSA) is 84.5 Å². The number of carbonyl (C=O) groups excluding carboxylic acids is 1. The Morgan fingerprint density at radius 3 is 2.58 bits per heavy atom. The van der Waals surface area contributed by atoms with Gasteiger partial charge in [0.15, 0.2) is 0 Å². The number of benzene rings is 2. The van der Waals surface area contributed by atoms with E-state index in [4.69, 9.17) is 16.3 Å². The zero-order valence-electron chi connectivity index (χ0n) is 14.4. The largest absolute Gasteiger partial charge is 0.385 e. The molecule has 26 heavy (non-hydrogen) atoms. The van der Waals surface area contributed by atoms with Crippen molar-refractivity contribution in [3.05, 3.63) is 64.7 Å². The normalized spacial score (nSPS) is 11.3. The number of ether oxygens (including phenoxy) is 1. The first-order valence-corrected chi connectivity index (χ1v) is 9.90. The molecule has 6 nitrogen and oxygen atoms in total. The Morgan fingerprint density at radius 2 is 1.88 bits per heavy atom. The Morgan fingerprint density at radius 1 is 1.15 bits per heavy atom. The SMILES string of the molecule is COCCCNC(=O)c1cccc(S(=O)(=O)NCc2ccc(Cl)cc2)c1. The van der Waals surface area contributed by atoms with E-state index in [0.29, 0.717) is 24.6 Å². The molecule has 0 aliphatic carbocycles. The average Bonchev–Trinajstić information content (AvgIpc) is 2.65. The van der Waals surface area contributed by atoms with Crippen LogP contribution in [-0.2, 0) is 21.3 Å². The second-order valence-corrected chi connectivity index (χ2v) is 7.78. The van der Waals surface area contributed by atoms with Gasteiger partial charge in [-0.1, -0.05) is 29.8 Å². The van der Waals surface area contributed by atoms with E-state index in [0.717, 1.165) is 5.56 Å². The minimum Gasteiger partial charge on any atom is -0.385 e. The minimum atomic E-state index is -3.74. The van der Waals surface area contributed by atoms with Gasteiger partial charge in [-0.25, -0.2) is 13.1 Å². The number of carbonyl (C=O) groups is 1. The first-order chi connectivity index (χ1) is 12.4. The fourth-order valence-corrected chi connectivity index (χ4v) is 3.38. The monoisotopic (exact) mass is 396 g/mol. The highest BCUT2D eigenvalue weighted by Crippen LogP contribution is 2.14. The second-order valence-electron chi connectivity index (χ2n) is 5.58. The fraction of sp³-hybridized carbons (Fsp3) is 0.278. The van der Waals surface area contributed by atoms with Gasteiger partial charge in [0.05, 0.1) is 4.90 Å². The van der Waals surface area contributed by atoms with Crippen LogP contribution in [0.1, 0.15) is 22.3 Å². The highest BCUT2D eigenvalue weighted by Gasteiger charge is 2.16. The minimum absolute atomic E-state index is 0.0380. The molecule has 2 rings (SSSR count). The summed E-state index contributed by atoms with van der Waals surface area (Å²) in [6.45, 7) is 1.13. The Balaban J connectivity index is 2.02. The Hall–Kier alpha value is -1.93. The standard InChI is InChI=1S/C18H21ClN2O4S/c1-25-11-3-10-20-18(22)15-4-2-5-17(12-15)26(23,24)21-13-14-6-8-16(19)9-7-14/h2,4-9,12,21H,3,10-11,13H2,1H3,(H,20,22). The maximum atomic E-state index is 12.5. The van der Waals surface area contributed by atoms with Gasteiger partial charge in [-0.05, 0) is 42.3 Å². The third-order valence-corrected chi connectivity index (χ3v) is 5.25. The van der Waals surface area contributed by atoms with E-state index in [1.165, 1.54) is 12.1 Å². The Labute approximate surface area is 158 Å². The molecular weight excluding hydrogens is 376 g/mol. The Kier molecular flexibility index (Phi) is 7.59. The van der Waals surface area contributed by atoms with Crippen LogP contribution >= 0.6 is 11.6 Å². The Bertz CT molecular complexity index is 839. The van der Waals surface area contributed by atoms with E-state index in [1.54, 1.807) is 43.5 Å². The highest BCUT2D eigenvalue weighted by molar-refractivity contribution is 7.89. The molecule has 0 spiro atoms. The van der Waals surface area contributed by atoms with Crippen molar-refractivity contribution in [2.45, 2.75) is 17.9 Å². The molecule has 0 saturated heterocycles. The number of hydrogen-bond donors (Lipinski definition) is 2. The summed E-state index contributed by atoms with van der Waals surface area (Å²) in [5.41, 5.74) is 1.07. The third kappa shape index (κ3) is 6.10. The lowest BCUT2D eigenvalue weighted by Crippen LogP contribution is -2.26. The van der Waals surface area contributed by atoms with Gasteiger partial charge in [0.25, 0.3) is 5.91 Å². The van der Waals surface area contributed by atoms with Crippen LogP contribution < -0.4 is 10.0 Å². The van der Waals surface area contributed by atoms with Crippen molar-refractivity contribution in [1.82, 2.24) is 10.0 Å². The molecule has 140 valence electrons. The quantitative estimate of drug-likeness (QED) is 0.638. The molecule has 0 heterocycles. The van der Waals surface area contributed by atoms with Crippen LogP contribution in [0.5, 0.6) is 0 Å². The van der Waals surface area contributed by atoms with Crippen LogP contribution in [0.15, 0.2) is 53.4 Å². The molecule has 0 atom stereocenters. The molecule has 8 heteroatoms. The molecule has 0 aromatic heterocycles. The third-order valence-electron chi connectivity index (χ3n) is 3.60. The van der Waals surface area contributed by atoms with Crippen LogP contribution in [0.2, 0.25) is 5.02 Å². The van der Waals surface area contributed by atoms with Crippen molar-refractivity contribution in [3.63, 3.8) is 0 Å². The molecule has 0 radical (unpaired) electrons. The van der Waals surface area contributed by atoms with E-state index in [2.05, 4.69) is 10.0 Å². The van der Waals surface area contributed by atoms with Crippen LogP contribution in [0, 0.1) is 0 Å². The first-order valence-electron chi connectivity index (χ1n) is 8.04. The van der Waals surface area contributed by atoms with Crippen molar-refractivity contribution in [2.24, 2.45) is 0 Å². The van der Waals surface area contributed by atoms with Gasteiger partial charge in [0.2, 0.25) is 10.0 Å². The molecule has 0 saturated carbocycles. The van der Waals surface area contributed by atoms with Crippen LogP contribution in [-0.4, -0.2) is 34.6 Å². The molecule has 2 aromatic carbocycles. The molecule has 0 aliphatic rings. The lowest BCUT2D eigenvalue weighted by Gasteiger charge is -2.09. The number of amides is 1.